The summed E-state index contributed by atoms with van der Waals surface area (Å²) in [4.78, 5) is 11.0. The number of nitrogens with one attached hydrogen (secondary N) is 1. The predicted molar refractivity (Wildman–Crippen MR) is 76.9 cm³/mol. The fourth-order valence-corrected chi connectivity index (χ4v) is 3.14. The molecule has 0 heterocycles. The number of benzene rings is 1. The van der Waals surface area contributed by atoms with Crippen molar-refractivity contribution in [3.8, 4) is 0 Å². The van der Waals surface area contributed by atoms with Gasteiger partial charge in [-0.2, -0.15) is 12.7 Å². The third-order valence-electron chi connectivity index (χ3n) is 2.97. The highest BCUT2D eigenvalue weighted by Gasteiger charge is 2.18. The van der Waals surface area contributed by atoms with Crippen LogP contribution < -0.4 is 4.72 Å². The molecule has 0 radical (unpaired) electrons. The van der Waals surface area contributed by atoms with Crippen molar-refractivity contribution in [3.05, 3.63) is 35.4 Å². The summed E-state index contributed by atoms with van der Waals surface area (Å²) in [6, 6.07) is 6.58. The van der Waals surface area contributed by atoms with E-state index in [1.165, 1.54) is 10.4 Å². The highest BCUT2D eigenvalue weighted by molar-refractivity contribution is 7.87. The van der Waals surface area contributed by atoms with E-state index >= 15 is 0 Å². The molecule has 0 aliphatic heterocycles. The summed E-state index contributed by atoms with van der Waals surface area (Å²) in [6.07, 6.45) is 0.336. The summed E-state index contributed by atoms with van der Waals surface area (Å²) >= 11 is 0. The predicted octanol–water partition coefficient (Wildman–Crippen LogP) is 1.10. The molecular formula is C13H20N2O4S. The average Bonchev–Trinajstić information content (AvgIpc) is 2.40. The van der Waals surface area contributed by atoms with Crippen LogP contribution >= 0.6 is 0 Å². The molecule has 0 aliphatic rings. The Morgan fingerprint density at radius 2 is 1.85 bits per heavy atom. The summed E-state index contributed by atoms with van der Waals surface area (Å²) < 4.78 is 27.6. The maximum Gasteiger partial charge on any atom is 0.335 e. The topological polar surface area (TPSA) is 86.7 Å². The van der Waals surface area contributed by atoms with E-state index < -0.39 is 16.2 Å². The summed E-state index contributed by atoms with van der Waals surface area (Å²) in [5.41, 5.74) is 0.816. The Morgan fingerprint density at radius 3 is 2.40 bits per heavy atom. The molecule has 1 aromatic rings. The molecule has 0 unspecified atom stereocenters. The van der Waals surface area contributed by atoms with Crippen molar-refractivity contribution in [1.82, 2.24) is 9.03 Å². The molecular weight excluding hydrogens is 280 g/mol. The van der Waals surface area contributed by atoms with Gasteiger partial charge in [0.1, 0.15) is 0 Å². The van der Waals surface area contributed by atoms with Crippen molar-refractivity contribution in [2.45, 2.75) is 20.3 Å². The van der Waals surface area contributed by atoms with Crippen LogP contribution in [0.25, 0.3) is 0 Å². The Morgan fingerprint density at radius 1 is 1.25 bits per heavy atom. The lowest BCUT2D eigenvalue weighted by atomic mass is 10.1. The first-order valence-corrected chi connectivity index (χ1v) is 7.92. The summed E-state index contributed by atoms with van der Waals surface area (Å²) in [6.45, 7) is 4.50. The lowest BCUT2D eigenvalue weighted by Crippen LogP contribution is -2.41. The zero-order valence-corrected chi connectivity index (χ0v) is 12.5. The second-order valence-electron chi connectivity index (χ2n) is 4.20. The number of aromatic carboxylic acids is 1. The third-order valence-corrected chi connectivity index (χ3v) is 4.74. The third kappa shape index (κ3) is 4.29. The van der Waals surface area contributed by atoms with E-state index in [1.54, 1.807) is 32.0 Å². The van der Waals surface area contributed by atoms with Crippen molar-refractivity contribution in [3.63, 3.8) is 0 Å². The van der Waals surface area contributed by atoms with Crippen LogP contribution in [0.4, 0.5) is 0 Å². The van der Waals surface area contributed by atoms with Crippen LogP contribution in [-0.4, -0.2) is 43.4 Å². The summed E-state index contributed by atoms with van der Waals surface area (Å²) in [5.74, 6) is -1.01. The van der Waals surface area contributed by atoms with Gasteiger partial charge in [-0.25, -0.2) is 9.52 Å². The van der Waals surface area contributed by atoms with E-state index in [1.807, 2.05) is 0 Å². The van der Waals surface area contributed by atoms with Crippen molar-refractivity contribution in [2.75, 3.05) is 19.6 Å². The minimum atomic E-state index is -3.49. The van der Waals surface area contributed by atoms with Crippen molar-refractivity contribution in [2.24, 2.45) is 0 Å². The fourth-order valence-electron chi connectivity index (χ4n) is 1.92. The Balaban J connectivity index is 2.68. The lowest BCUT2D eigenvalue weighted by Gasteiger charge is -2.18. The van der Waals surface area contributed by atoms with E-state index in [0.717, 1.165) is 0 Å². The van der Waals surface area contributed by atoms with E-state index in [2.05, 4.69) is 4.72 Å². The molecule has 0 amide bonds. The van der Waals surface area contributed by atoms with Gasteiger partial charge in [0.05, 0.1) is 5.56 Å². The van der Waals surface area contributed by atoms with Crippen LogP contribution in [0.2, 0.25) is 0 Å². The highest BCUT2D eigenvalue weighted by atomic mass is 32.2. The minimum Gasteiger partial charge on any atom is -0.478 e. The number of hydrogen-bond donors (Lipinski definition) is 2. The molecule has 0 fully saturated rings. The second kappa shape index (κ2) is 7.37. The van der Waals surface area contributed by atoms with Crippen LogP contribution in [-0.2, 0) is 16.6 Å². The zero-order valence-electron chi connectivity index (χ0n) is 11.7. The second-order valence-corrected chi connectivity index (χ2v) is 5.95. The molecule has 0 saturated heterocycles. The first kappa shape index (κ1) is 16.6. The molecule has 1 rings (SSSR count). The van der Waals surface area contributed by atoms with E-state index in [0.29, 0.717) is 25.1 Å². The number of rotatable bonds is 8. The zero-order chi connectivity index (χ0) is 15.2. The normalized spacial score (nSPS) is 11.8. The Bertz CT molecular complexity index is 553. The Kier molecular flexibility index (Phi) is 6.12. The molecule has 0 bridgehead atoms. The van der Waals surface area contributed by atoms with Gasteiger partial charge in [-0.15, -0.1) is 0 Å². The first-order chi connectivity index (χ1) is 9.42. The number of carbonyl (C=O) groups is 1. The molecule has 6 nitrogen and oxygen atoms in total. The smallest absolute Gasteiger partial charge is 0.335 e. The van der Waals surface area contributed by atoms with Crippen LogP contribution in [0.5, 0.6) is 0 Å². The van der Waals surface area contributed by atoms with E-state index in [9.17, 15) is 13.2 Å². The fraction of sp³-hybridized carbons (Fsp3) is 0.462. The van der Waals surface area contributed by atoms with Gasteiger partial charge >= 0.3 is 5.97 Å². The molecule has 1 aromatic carbocycles. The number of nitrogens with zero attached hydrogens (tertiary/aromatic N) is 1. The van der Waals surface area contributed by atoms with Crippen LogP contribution in [0, 0.1) is 0 Å². The van der Waals surface area contributed by atoms with Gasteiger partial charge in [-0.3, -0.25) is 0 Å². The molecule has 0 saturated carbocycles. The van der Waals surface area contributed by atoms with Crippen LogP contribution in [0.3, 0.4) is 0 Å². The Hall–Kier alpha value is -1.44. The van der Waals surface area contributed by atoms with Gasteiger partial charge < -0.3 is 5.11 Å². The standard InChI is InChI=1S/C13H20N2O4S/c1-3-15(4-2)20(18,19)14-10-9-11-7-5-6-8-12(11)13(16)17/h5-8,14H,3-4,9-10H2,1-2H3,(H,16,17). The number of carboxylic acids is 1. The lowest BCUT2D eigenvalue weighted by molar-refractivity contribution is 0.0695. The molecule has 0 aliphatic carbocycles. The number of hydrogen-bond acceptors (Lipinski definition) is 3. The van der Waals surface area contributed by atoms with Gasteiger partial charge in [0, 0.05) is 19.6 Å². The molecule has 0 spiro atoms. The molecule has 0 aromatic heterocycles. The van der Waals surface area contributed by atoms with Gasteiger partial charge in [-0.1, -0.05) is 32.0 Å². The molecule has 20 heavy (non-hydrogen) atoms. The van der Waals surface area contributed by atoms with Crippen LogP contribution in [0.15, 0.2) is 24.3 Å². The van der Waals surface area contributed by atoms with E-state index in [4.69, 9.17) is 5.11 Å². The summed E-state index contributed by atoms with van der Waals surface area (Å²) in [5, 5.41) is 9.04. The van der Waals surface area contributed by atoms with Gasteiger partial charge in [0.25, 0.3) is 10.2 Å². The van der Waals surface area contributed by atoms with Gasteiger partial charge in [0.2, 0.25) is 0 Å². The monoisotopic (exact) mass is 300 g/mol. The van der Waals surface area contributed by atoms with Gasteiger partial charge in [0.15, 0.2) is 0 Å². The summed E-state index contributed by atoms with van der Waals surface area (Å²) in [7, 11) is -3.49. The maximum absolute atomic E-state index is 11.9. The molecule has 7 heteroatoms. The quantitative estimate of drug-likeness (QED) is 0.753. The van der Waals surface area contributed by atoms with Crippen molar-refractivity contribution < 1.29 is 18.3 Å². The van der Waals surface area contributed by atoms with Crippen molar-refractivity contribution in [1.29, 1.82) is 0 Å². The SMILES string of the molecule is CCN(CC)S(=O)(=O)NCCc1ccccc1C(=O)O. The maximum atomic E-state index is 11.9. The average molecular weight is 300 g/mol. The number of carboxylic acid groups (broad SMARTS) is 1. The molecule has 2 N–H and O–H groups in total. The van der Waals surface area contributed by atoms with Gasteiger partial charge in [-0.05, 0) is 18.1 Å². The molecule has 0 atom stereocenters. The molecule has 112 valence electrons. The largest absolute Gasteiger partial charge is 0.478 e. The van der Waals surface area contributed by atoms with E-state index in [-0.39, 0.29) is 12.1 Å². The highest BCUT2D eigenvalue weighted by Crippen LogP contribution is 2.09. The van der Waals surface area contributed by atoms with Crippen LogP contribution in [0.1, 0.15) is 29.8 Å². The minimum absolute atomic E-state index is 0.170. The Labute approximate surface area is 119 Å². The first-order valence-electron chi connectivity index (χ1n) is 6.48. The van der Waals surface area contributed by atoms with Crippen molar-refractivity contribution >= 4 is 16.2 Å².